The minimum Gasteiger partial charge on any atom is -0.284 e. The second kappa shape index (κ2) is 5.56. The van der Waals surface area contributed by atoms with Gasteiger partial charge in [0.2, 0.25) is 0 Å². The molecule has 4 aromatic rings. The highest BCUT2D eigenvalue weighted by Gasteiger charge is 2.14. The molecule has 0 aromatic carbocycles. The average molecular weight is 318 g/mol. The minimum atomic E-state index is 0.300. The highest BCUT2D eigenvalue weighted by atomic mass is 15.3. The van der Waals surface area contributed by atoms with Crippen LogP contribution < -0.4 is 0 Å². The summed E-state index contributed by atoms with van der Waals surface area (Å²) in [5.74, 6) is 1.15. The fourth-order valence-corrected chi connectivity index (χ4v) is 2.68. The van der Waals surface area contributed by atoms with E-state index in [9.17, 15) is 0 Å². The van der Waals surface area contributed by atoms with Gasteiger partial charge in [0.1, 0.15) is 5.69 Å². The molecule has 0 aliphatic carbocycles. The molecule has 0 fully saturated rings. The van der Waals surface area contributed by atoms with Crippen molar-refractivity contribution in [2.24, 2.45) is 0 Å². The standard InChI is InChI=1S/C18H18N6/c1-11(2)18-21-16-8-7-13(10-24(16)23-18)14-9-19-22-17(14)15-6-4-5-12(3)20-15/h4-11H,1-3H3,(H,19,22). The first-order valence-corrected chi connectivity index (χ1v) is 7.96. The quantitative estimate of drug-likeness (QED) is 0.626. The molecule has 6 heteroatoms. The maximum absolute atomic E-state index is 4.57. The summed E-state index contributed by atoms with van der Waals surface area (Å²) in [6.45, 7) is 6.16. The molecule has 0 unspecified atom stereocenters. The predicted octanol–water partition coefficient (Wildman–Crippen LogP) is 3.61. The van der Waals surface area contributed by atoms with Gasteiger partial charge in [0.25, 0.3) is 0 Å². The second-order valence-corrected chi connectivity index (χ2v) is 6.16. The van der Waals surface area contributed by atoms with Gasteiger partial charge in [0, 0.05) is 35.1 Å². The molecule has 0 amide bonds. The van der Waals surface area contributed by atoms with Gasteiger partial charge in [0.05, 0.1) is 5.69 Å². The Balaban J connectivity index is 1.82. The molecule has 0 bridgehead atoms. The number of hydrogen-bond acceptors (Lipinski definition) is 4. The Kier molecular flexibility index (Phi) is 3.37. The molecule has 0 aliphatic rings. The number of nitrogens with one attached hydrogen (secondary N) is 1. The lowest BCUT2D eigenvalue weighted by molar-refractivity contribution is 0.765. The van der Waals surface area contributed by atoms with E-state index >= 15 is 0 Å². The number of hydrogen-bond donors (Lipinski definition) is 1. The highest BCUT2D eigenvalue weighted by Crippen LogP contribution is 2.29. The van der Waals surface area contributed by atoms with Gasteiger partial charge in [0.15, 0.2) is 11.5 Å². The van der Waals surface area contributed by atoms with Crippen LogP contribution in [-0.2, 0) is 0 Å². The van der Waals surface area contributed by atoms with E-state index in [0.29, 0.717) is 5.92 Å². The van der Waals surface area contributed by atoms with E-state index in [1.807, 2.05) is 54.2 Å². The lowest BCUT2D eigenvalue weighted by Gasteiger charge is -2.03. The Morgan fingerprint density at radius 1 is 1.08 bits per heavy atom. The smallest absolute Gasteiger partial charge is 0.155 e. The average Bonchev–Trinajstić information content (AvgIpc) is 3.21. The summed E-state index contributed by atoms with van der Waals surface area (Å²) in [6, 6.07) is 9.96. The Morgan fingerprint density at radius 3 is 2.75 bits per heavy atom. The molecule has 0 aliphatic heterocycles. The van der Waals surface area contributed by atoms with Crippen LogP contribution in [0.4, 0.5) is 0 Å². The fourth-order valence-electron chi connectivity index (χ4n) is 2.68. The third kappa shape index (κ3) is 2.46. The predicted molar refractivity (Wildman–Crippen MR) is 92.6 cm³/mol. The van der Waals surface area contributed by atoms with Gasteiger partial charge in [-0.05, 0) is 31.2 Å². The molecular weight excluding hydrogens is 300 g/mol. The maximum Gasteiger partial charge on any atom is 0.155 e. The monoisotopic (exact) mass is 318 g/mol. The summed E-state index contributed by atoms with van der Waals surface area (Å²) in [7, 11) is 0. The molecule has 4 aromatic heterocycles. The van der Waals surface area contributed by atoms with Gasteiger partial charge < -0.3 is 0 Å². The molecular formula is C18H18N6. The summed E-state index contributed by atoms with van der Waals surface area (Å²) in [4.78, 5) is 9.12. The molecule has 0 saturated heterocycles. The first-order chi connectivity index (χ1) is 11.6. The molecule has 0 atom stereocenters. The number of nitrogens with zero attached hydrogens (tertiary/aromatic N) is 5. The number of H-pyrrole nitrogens is 1. The molecule has 0 saturated carbocycles. The Bertz CT molecular complexity index is 1010. The molecule has 0 spiro atoms. The number of fused-ring (bicyclic) bond motifs is 1. The molecule has 4 rings (SSSR count). The topological polar surface area (TPSA) is 71.8 Å². The molecule has 4 heterocycles. The lowest BCUT2D eigenvalue weighted by atomic mass is 10.1. The van der Waals surface area contributed by atoms with Crippen LogP contribution in [0.5, 0.6) is 0 Å². The summed E-state index contributed by atoms with van der Waals surface area (Å²) in [5.41, 5.74) is 5.53. The van der Waals surface area contributed by atoms with Crippen molar-refractivity contribution in [1.82, 2.24) is 29.8 Å². The van der Waals surface area contributed by atoms with Crippen molar-refractivity contribution in [3.63, 3.8) is 0 Å². The number of pyridine rings is 2. The summed E-state index contributed by atoms with van der Waals surface area (Å²) in [6.07, 6.45) is 3.87. The lowest BCUT2D eigenvalue weighted by Crippen LogP contribution is -1.93. The van der Waals surface area contributed by atoms with E-state index < -0.39 is 0 Å². The van der Waals surface area contributed by atoms with Gasteiger partial charge in [-0.3, -0.25) is 10.1 Å². The molecule has 120 valence electrons. The van der Waals surface area contributed by atoms with Gasteiger partial charge in [-0.1, -0.05) is 19.9 Å². The Morgan fingerprint density at radius 2 is 1.96 bits per heavy atom. The van der Waals surface area contributed by atoms with Crippen LogP contribution in [0.1, 0.15) is 31.3 Å². The van der Waals surface area contributed by atoms with Crippen LogP contribution in [0.3, 0.4) is 0 Å². The third-order valence-electron chi connectivity index (χ3n) is 3.95. The van der Waals surface area contributed by atoms with Crippen LogP contribution in [0.25, 0.3) is 28.2 Å². The zero-order chi connectivity index (χ0) is 16.7. The van der Waals surface area contributed by atoms with Gasteiger partial charge in [-0.25, -0.2) is 9.50 Å². The molecule has 0 radical (unpaired) electrons. The van der Waals surface area contributed by atoms with Crippen molar-refractivity contribution in [2.75, 3.05) is 0 Å². The van der Waals surface area contributed by atoms with Crippen molar-refractivity contribution in [3.8, 4) is 22.5 Å². The van der Waals surface area contributed by atoms with E-state index in [1.165, 1.54) is 0 Å². The summed E-state index contributed by atoms with van der Waals surface area (Å²) < 4.78 is 1.82. The van der Waals surface area contributed by atoms with Crippen LogP contribution in [-0.4, -0.2) is 29.8 Å². The van der Waals surface area contributed by atoms with Crippen LogP contribution in [0.15, 0.2) is 42.7 Å². The van der Waals surface area contributed by atoms with Gasteiger partial charge in [-0.15, -0.1) is 0 Å². The normalized spacial score (nSPS) is 11.5. The van der Waals surface area contributed by atoms with Crippen molar-refractivity contribution >= 4 is 5.65 Å². The zero-order valence-electron chi connectivity index (χ0n) is 13.9. The highest BCUT2D eigenvalue weighted by molar-refractivity contribution is 5.78. The van der Waals surface area contributed by atoms with Crippen LogP contribution in [0, 0.1) is 6.92 Å². The zero-order valence-corrected chi connectivity index (χ0v) is 13.9. The van der Waals surface area contributed by atoms with E-state index in [-0.39, 0.29) is 0 Å². The maximum atomic E-state index is 4.57. The van der Waals surface area contributed by atoms with Crippen LogP contribution >= 0.6 is 0 Å². The van der Waals surface area contributed by atoms with E-state index in [0.717, 1.165) is 39.7 Å². The minimum absolute atomic E-state index is 0.300. The SMILES string of the molecule is Cc1cccc(-c2n[nH]cc2-c2ccc3nc(C(C)C)nn3c2)n1. The number of rotatable bonds is 3. The first-order valence-electron chi connectivity index (χ1n) is 7.96. The Hall–Kier alpha value is -3.02. The van der Waals surface area contributed by atoms with Crippen LogP contribution in [0.2, 0.25) is 0 Å². The molecule has 6 nitrogen and oxygen atoms in total. The molecule has 1 N–H and O–H groups in total. The first kappa shape index (κ1) is 14.6. The van der Waals surface area contributed by atoms with Crippen molar-refractivity contribution in [1.29, 1.82) is 0 Å². The van der Waals surface area contributed by atoms with Gasteiger partial charge in [-0.2, -0.15) is 10.2 Å². The Labute approximate surface area is 139 Å². The van der Waals surface area contributed by atoms with E-state index in [4.69, 9.17) is 0 Å². The van der Waals surface area contributed by atoms with Gasteiger partial charge >= 0.3 is 0 Å². The third-order valence-corrected chi connectivity index (χ3v) is 3.95. The largest absolute Gasteiger partial charge is 0.284 e. The summed E-state index contributed by atoms with van der Waals surface area (Å²) in [5, 5.41) is 11.9. The molecule has 24 heavy (non-hydrogen) atoms. The number of aryl methyl sites for hydroxylation is 1. The number of aromatic amines is 1. The van der Waals surface area contributed by atoms with Crippen molar-refractivity contribution < 1.29 is 0 Å². The second-order valence-electron chi connectivity index (χ2n) is 6.16. The number of aromatic nitrogens is 6. The summed E-state index contributed by atoms with van der Waals surface area (Å²) >= 11 is 0. The van der Waals surface area contributed by atoms with Crippen molar-refractivity contribution in [3.05, 3.63) is 54.2 Å². The fraction of sp³-hybridized carbons (Fsp3) is 0.222. The van der Waals surface area contributed by atoms with Crippen molar-refractivity contribution in [2.45, 2.75) is 26.7 Å². The van der Waals surface area contributed by atoms with E-state index in [1.54, 1.807) is 0 Å². The van der Waals surface area contributed by atoms with E-state index in [2.05, 4.69) is 39.1 Å².